The lowest BCUT2D eigenvalue weighted by Gasteiger charge is -2.33. The van der Waals surface area contributed by atoms with Crippen LogP contribution in [0.25, 0.3) is 0 Å². The zero-order valence-electron chi connectivity index (χ0n) is 11.5. The smallest absolute Gasteiger partial charge is 0.222 e. The Bertz CT molecular complexity index is 441. The summed E-state index contributed by atoms with van der Waals surface area (Å²) in [4.78, 5) is 13.4. The second-order valence-corrected chi connectivity index (χ2v) is 5.90. The van der Waals surface area contributed by atoms with Crippen molar-refractivity contribution in [1.82, 2.24) is 10.2 Å². The predicted molar refractivity (Wildman–Crippen MR) is 75.7 cm³/mol. The Kier molecular flexibility index (Phi) is 3.56. The van der Waals surface area contributed by atoms with Crippen LogP contribution in [0, 0.1) is 5.92 Å². The van der Waals surface area contributed by atoms with E-state index in [0.717, 1.165) is 18.9 Å². The highest BCUT2D eigenvalue weighted by atomic mass is 16.2. The molecule has 3 nitrogen and oxygen atoms in total. The average molecular weight is 258 g/mol. The van der Waals surface area contributed by atoms with Gasteiger partial charge in [0.1, 0.15) is 0 Å². The molecule has 0 radical (unpaired) electrons. The molecule has 1 amide bonds. The standard InChI is InChI=1S/C16H22N2O/c1-18-11-14(9-10-15(18)19)17-16(13-7-8-13)12-5-3-2-4-6-12/h2-6,13-14,16-17H,7-11H2,1H3. The van der Waals surface area contributed by atoms with Crippen molar-refractivity contribution in [2.45, 2.75) is 37.8 Å². The van der Waals surface area contributed by atoms with Crippen LogP contribution in [0.3, 0.4) is 0 Å². The molecule has 1 N–H and O–H groups in total. The first-order chi connectivity index (χ1) is 9.24. The average Bonchev–Trinajstić information content (AvgIpc) is 3.25. The largest absolute Gasteiger partial charge is 0.344 e. The Morgan fingerprint density at radius 1 is 1.21 bits per heavy atom. The molecule has 19 heavy (non-hydrogen) atoms. The van der Waals surface area contributed by atoms with Gasteiger partial charge in [0.05, 0.1) is 0 Å². The Balaban J connectivity index is 1.67. The number of hydrogen-bond acceptors (Lipinski definition) is 2. The molecule has 2 unspecified atom stereocenters. The van der Waals surface area contributed by atoms with Crippen molar-refractivity contribution in [2.24, 2.45) is 5.92 Å². The first-order valence-electron chi connectivity index (χ1n) is 7.29. The fourth-order valence-electron chi connectivity index (χ4n) is 3.00. The number of nitrogens with one attached hydrogen (secondary N) is 1. The maximum atomic E-state index is 11.5. The normalized spacial score (nSPS) is 25.4. The molecule has 2 fully saturated rings. The molecule has 1 aliphatic carbocycles. The first kappa shape index (κ1) is 12.7. The summed E-state index contributed by atoms with van der Waals surface area (Å²) in [6.07, 6.45) is 4.31. The van der Waals surface area contributed by atoms with E-state index in [2.05, 4.69) is 35.6 Å². The third-order valence-electron chi connectivity index (χ3n) is 4.29. The molecule has 1 saturated heterocycles. The molecule has 0 bridgehead atoms. The Hall–Kier alpha value is -1.35. The summed E-state index contributed by atoms with van der Waals surface area (Å²) in [6, 6.07) is 11.6. The Labute approximate surface area is 115 Å². The van der Waals surface area contributed by atoms with Crippen LogP contribution in [0.2, 0.25) is 0 Å². The highest BCUT2D eigenvalue weighted by Crippen LogP contribution is 2.41. The molecular formula is C16H22N2O. The van der Waals surface area contributed by atoms with Crippen LogP contribution in [0.4, 0.5) is 0 Å². The van der Waals surface area contributed by atoms with E-state index in [-0.39, 0.29) is 5.91 Å². The van der Waals surface area contributed by atoms with E-state index in [1.807, 2.05) is 11.9 Å². The van der Waals surface area contributed by atoms with Gasteiger partial charge in [-0.15, -0.1) is 0 Å². The van der Waals surface area contributed by atoms with Gasteiger partial charge in [-0.3, -0.25) is 4.79 Å². The third kappa shape index (κ3) is 2.98. The Morgan fingerprint density at radius 2 is 1.95 bits per heavy atom. The SMILES string of the molecule is CN1CC(NC(c2ccccc2)C2CC2)CCC1=O. The fourth-order valence-corrected chi connectivity index (χ4v) is 3.00. The van der Waals surface area contributed by atoms with Crippen molar-refractivity contribution >= 4 is 5.91 Å². The van der Waals surface area contributed by atoms with Gasteiger partial charge in [-0.25, -0.2) is 0 Å². The topological polar surface area (TPSA) is 32.3 Å². The summed E-state index contributed by atoms with van der Waals surface area (Å²) in [5.74, 6) is 1.06. The van der Waals surface area contributed by atoms with Crippen molar-refractivity contribution in [3.63, 3.8) is 0 Å². The van der Waals surface area contributed by atoms with E-state index in [4.69, 9.17) is 0 Å². The second kappa shape index (κ2) is 5.33. The van der Waals surface area contributed by atoms with E-state index in [1.54, 1.807) is 0 Å². The number of piperidine rings is 1. The lowest BCUT2D eigenvalue weighted by atomic mass is 9.98. The number of nitrogens with zero attached hydrogens (tertiary/aromatic N) is 1. The molecule has 1 aromatic carbocycles. The van der Waals surface area contributed by atoms with Gasteiger partial charge in [0, 0.05) is 32.1 Å². The number of rotatable bonds is 4. The molecule has 1 aliphatic heterocycles. The van der Waals surface area contributed by atoms with Crippen LogP contribution >= 0.6 is 0 Å². The lowest BCUT2D eigenvalue weighted by Crippen LogP contribution is -2.47. The van der Waals surface area contributed by atoms with Crippen molar-refractivity contribution in [3.8, 4) is 0 Å². The van der Waals surface area contributed by atoms with Gasteiger partial charge in [-0.2, -0.15) is 0 Å². The molecule has 0 aromatic heterocycles. The van der Waals surface area contributed by atoms with Crippen molar-refractivity contribution in [1.29, 1.82) is 0 Å². The quantitative estimate of drug-likeness (QED) is 0.899. The molecule has 1 aromatic rings. The van der Waals surface area contributed by atoms with E-state index in [9.17, 15) is 4.79 Å². The van der Waals surface area contributed by atoms with Gasteiger partial charge < -0.3 is 10.2 Å². The number of benzene rings is 1. The van der Waals surface area contributed by atoms with Crippen LogP contribution in [0.15, 0.2) is 30.3 Å². The molecule has 3 rings (SSSR count). The molecule has 1 saturated carbocycles. The predicted octanol–water partition coefficient (Wildman–Crippen LogP) is 2.35. The number of amides is 1. The minimum atomic E-state index is 0.278. The van der Waals surface area contributed by atoms with Crippen LogP contribution in [-0.2, 0) is 4.79 Å². The maximum Gasteiger partial charge on any atom is 0.222 e. The van der Waals surface area contributed by atoms with Crippen LogP contribution in [0.5, 0.6) is 0 Å². The maximum absolute atomic E-state index is 11.5. The molecule has 2 atom stereocenters. The second-order valence-electron chi connectivity index (χ2n) is 5.90. The van der Waals surface area contributed by atoms with Gasteiger partial charge in [-0.05, 0) is 30.7 Å². The van der Waals surface area contributed by atoms with Gasteiger partial charge in [0.25, 0.3) is 0 Å². The van der Waals surface area contributed by atoms with Crippen LogP contribution < -0.4 is 5.32 Å². The minimum Gasteiger partial charge on any atom is -0.344 e. The van der Waals surface area contributed by atoms with Crippen molar-refractivity contribution < 1.29 is 4.79 Å². The molecule has 3 heteroatoms. The van der Waals surface area contributed by atoms with E-state index in [1.165, 1.54) is 18.4 Å². The molecule has 102 valence electrons. The van der Waals surface area contributed by atoms with E-state index in [0.29, 0.717) is 18.5 Å². The summed E-state index contributed by atoms with van der Waals surface area (Å²) in [5.41, 5.74) is 1.39. The highest BCUT2D eigenvalue weighted by molar-refractivity contribution is 5.76. The van der Waals surface area contributed by atoms with Crippen LogP contribution in [-0.4, -0.2) is 30.4 Å². The van der Waals surface area contributed by atoms with Gasteiger partial charge in [0.15, 0.2) is 0 Å². The number of likely N-dealkylation sites (N-methyl/N-ethyl adjacent to an activating group) is 1. The Morgan fingerprint density at radius 3 is 2.58 bits per heavy atom. The zero-order valence-corrected chi connectivity index (χ0v) is 11.5. The molecule has 1 heterocycles. The fraction of sp³-hybridized carbons (Fsp3) is 0.562. The number of likely N-dealkylation sites (tertiary alicyclic amines) is 1. The molecule has 0 spiro atoms. The summed E-state index contributed by atoms with van der Waals surface area (Å²) in [7, 11) is 1.91. The summed E-state index contributed by atoms with van der Waals surface area (Å²) in [6.45, 7) is 0.842. The molecular weight excluding hydrogens is 236 g/mol. The van der Waals surface area contributed by atoms with E-state index >= 15 is 0 Å². The van der Waals surface area contributed by atoms with Crippen molar-refractivity contribution in [2.75, 3.05) is 13.6 Å². The van der Waals surface area contributed by atoms with Crippen molar-refractivity contribution in [3.05, 3.63) is 35.9 Å². The van der Waals surface area contributed by atoms with Gasteiger partial charge >= 0.3 is 0 Å². The monoisotopic (exact) mass is 258 g/mol. The first-order valence-corrected chi connectivity index (χ1v) is 7.29. The highest BCUT2D eigenvalue weighted by Gasteiger charge is 2.34. The third-order valence-corrected chi connectivity index (χ3v) is 4.29. The lowest BCUT2D eigenvalue weighted by molar-refractivity contribution is -0.132. The zero-order chi connectivity index (χ0) is 13.2. The summed E-state index contributed by atoms with van der Waals surface area (Å²) >= 11 is 0. The summed E-state index contributed by atoms with van der Waals surface area (Å²) < 4.78 is 0. The summed E-state index contributed by atoms with van der Waals surface area (Å²) in [5, 5.41) is 3.79. The molecule has 2 aliphatic rings. The number of carbonyl (C=O) groups excluding carboxylic acids is 1. The van der Waals surface area contributed by atoms with Gasteiger partial charge in [0.2, 0.25) is 5.91 Å². The number of hydrogen-bond donors (Lipinski definition) is 1. The number of carbonyl (C=O) groups is 1. The van der Waals surface area contributed by atoms with Gasteiger partial charge in [-0.1, -0.05) is 30.3 Å². The minimum absolute atomic E-state index is 0.278. The van der Waals surface area contributed by atoms with E-state index < -0.39 is 0 Å². The van der Waals surface area contributed by atoms with Crippen LogP contribution in [0.1, 0.15) is 37.3 Å².